The van der Waals surface area contributed by atoms with Crippen LogP contribution in [0.15, 0.2) is 39.6 Å². The Kier molecular flexibility index (Phi) is 5.15. The number of aryl methyl sites for hydroxylation is 1. The SMILES string of the molecule is Cc1oc(C(=O)NC(C)c2cccc(F)c2)cc1S(=O)(=O)N1CCCC1. The summed E-state index contributed by atoms with van der Waals surface area (Å²) in [4.78, 5) is 12.4. The minimum atomic E-state index is -3.66. The molecule has 1 aromatic heterocycles. The number of halogens is 1. The molecule has 1 aliphatic rings. The van der Waals surface area contributed by atoms with Crippen LogP contribution >= 0.6 is 0 Å². The third-order valence-corrected chi connectivity index (χ3v) is 6.48. The standard InChI is InChI=1S/C18H21FN2O4S/c1-12(14-6-5-7-15(19)10-14)20-18(22)16-11-17(13(2)25-16)26(23,24)21-8-3-4-9-21/h5-7,10-12H,3-4,8-9H2,1-2H3,(H,20,22). The van der Waals surface area contributed by atoms with Crippen LogP contribution in [0.2, 0.25) is 0 Å². The number of sulfonamides is 1. The van der Waals surface area contributed by atoms with Gasteiger partial charge in [0.2, 0.25) is 10.0 Å². The quantitative estimate of drug-likeness (QED) is 0.865. The van der Waals surface area contributed by atoms with E-state index in [1.807, 2.05) is 0 Å². The van der Waals surface area contributed by atoms with Gasteiger partial charge >= 0.3 is 0 Å². The first-order chi connectivity index (χ1) is 12.3. The highest BCUT2D eigenvalue weighted by Gasteiger charge is 2.31. The van der Waals surface area contributed by atoms with Crippen LogP contribution in [0.5, 0.6) is 0 Å². The van der Waals surface area contributed by atoms with E-state index in [2.05, 4.69) is 5.32 Å². The molecule has 1 aromatic carbocycles. The van der Waals surface area contributed by atoms with E-state index in [0.29, 0.717) is 18.7 Å². The monoisotopic (exact) mass is 380 g/mol. The van der Waals surface area contributed by atoms with Crippen molar-refractivity contribution in [2.75, 3.05) is 13.1 Å². The van der Waals surface area contributed by atoms with Crippen molar-refractivity contribution >= 4 is 15.9 Å². The van der Waals surface area contributed by atoms with E-state index >= 15 is 0 Å². The fraction of sp³-hybridized carbons (Fsp3) is 0.389. The molecule has 3 rings (SSSR count). The van der Waals surface area contributed by atoms with E-state index in [1.165, 1.54) is 29.4 Å². The molecule has 8 heteroatoms. The molecule has 2 aromatic rings. The number of amides is 1. The zero-order chi connectivity index (χ0) is 18.9. The fourth-order valence-corrected chi connectivity index (χ4v) is 4.71. The van der Waals surface area contributed by atoms with Crippen LogP contribution in [0.25, 0.3) is 0 Å². The summed E-state index contributed by atoms with van der Waals surface area (Å²) in [6, 6.07) is 6.72. The number of nitrogens with zero attached hydrogens (tertiary/aromatic N) is 1. The lowest BCUT2D eigenvalue weighted by atomic mass is 10.1. The molecular weight excluding hydrogens is 359 g/mol. The van der Waals surface area contributed by atoms with Crippen LogP contribution < -0.4 is 5.32 Å². The summed E-state index contributed by atoms with van der Waals surface area (Å²) in [7, 11) is -3.66. The first-order valence-electron chi connectivity index (χ1n) is 8.46. The van der Waals surface area contributed by atoms with E-state index in [9.17, 15) is 17.6 Å². The fourth-order valence-electron chi connectivity index (χ4n) is 3.03. The highest BCUT2D eigenvalue weighted by molar-refractivity contribution is 7.89. The second-order valence-corrected chi connectivity index (χ2v) is 8.30. The van der Waals surface area contributed by atoms with Gasteiger partial charge in [0.15, 0.2) is 5.76 Å². The van der Waals surface area contributed by atoms with Gasteiger partial charge in [0.1, 0.15) is 16.5 Å². The maximum atomic E-state index is 13.3. The van der Waals surface area contributed by atoms with Gasteiger partial charge in [0.25, 0.3) is 5.91 Å². The zero-order valence-corrected chi connectivity index (χ0v) is 15.5. The molecule has 0 saturated carbocycles. The molecule has 1 unspecified atom stereocenters. The Morgan fingerprint density at radius 1 is 1.27 bits per heavy atom. The van der Waals surface area contributed by atoms with Gasteiger partial charge in [0.05, 0.1) is 6.04 Å². The predicted octanol–water partition coefficient (Wildman–Crippen LogP) is 3.00. The van der Waals surface area contributed by atoms with Crippen LogP contribution in [-0.4, -0.2) is 31.7 Å². The average molecular weight is 380 g/mol. The van der Waals surface area contributed by atoms with E-state index in [0.717, 1.165) is 12.8 Å². The molecule has 1 aliphatic heterocycles. The first-order valence-corrected chi connectivity index (χ1v) is 9.90. The summed E-state index contributed by atoms with van der Waals surface area (Å²) < 4.78 is 45.4. The summed E-state index contributed by atoms with van der Waals surface area (Å²) >= 11 is 0. The number of carbonyl (C=O) groups excluding carboxylic acids is 1. The summed E-state index contributed by atoms with van der Waals surface area (Å²) in [5.41, 5.74) is 0.603. The van der Waals surface area contributed by atoms with E-state index in [1.54, 1.807) is 19.1 Å². The number of benzene rings is 1. The van der Waals surface area contributed by atoms with Gasteiger partial charge in [-0.1, -0.05) is 12.1 Å². The summed E-state index contributed by atoms with van der Waals surface area (Å²) in [5.74, 6) is -0.840. The van der Waals surface area contributed by atoms with Gasteiger partial charge < -0.3 is 9.73 Å². The van der Waals surface area contributed by atoms with Crippen molar-refractivity contribution in [3.63, 3.8) is 0 Å². The molecule has 1 fully saturated rings. The molecule has 0 aliphatic carbocycles. The molecular formula is C18H21FN2O4S. The Labute approximate surface area is 152 Å². The third-order valence-electron chi connectivity index (χ3n) is 4.48. The van der Waals surface area contributed by atoms with Crippen molar-refractivity contribution in [1.29, 1.82) is 0 Å². The number of nitrogens with one attached hydrogen (secondary N) is 1. The smallest absolute Gasteiger partial charge is 0.287 e. The topological polar surface area (TPSA) is 79.6 Å². The predicted molar refractivity (Wildman–Crippen MR) is 93.7 cm³/mol. The molecule has 1 saturated heterocycles. The Hall–Kier alpha value is -2.19. The number of carbonyl (C=O) groups is 1. The highest BCUT2D eigenvalue weighted by atomic mass is 32.2. The van der Waals surface area contributed by atoms with E-state index in [-0.39, 0.29) is 16.4 Å². The van der Waals surface area contributed by atoms with Gasteiger partial charge in [-0.25, -0.2) is 12.8 Å². The van der Waals surface area contributed by atoms with Gasteiger partial charge in [-0.2, -0.15) is 4.31 Å². The lowest BCUT2D eigenvalue weighted by Crippen LogP contribution is -2.28. The van der Waals surface area contributed by atoms with Crippen LogP contribution in [0.1, 0.15) is 47.7 Å². The van der Waals surface area contributed by atoms with E-state index in [4.69, 9.17) is 4.42 Å². The highest BCUT2D eigenvalue weighted by Crippen LogP contribution is 2.26. The molecule has 1 atom stereocenters. The summed E-state index contributed by atoms with van der Waals surface area (Å²) in [6.45, 7) is 4.19. The van der Waals surface area contributed by atoms with Gasteiger partial charge in [-0.15, -0.1) is 0 Å². The number of rotatable bonds is 5. The number of furan rings is 1. The van der Waals surface area contributed by atoms with Crippen LogP contribution in [0.3, 0.4) is 0 Å². The van der Waals surface area contributed by atoms with Crippen LogP contribution in [0, 0.1) is 12.7 Å². The summed E-state index contributed by atoms with van der Waals surface area (Å²) in [5, 5.41) is 2.69. The molecule has 0 radical (unpaired) electrons. The minimum absolute atomic E-state index is 0.0166. The van der Waals surface area contributed by atoms with Crippen molar-refractivity contribution in [1.82, 2.24) is 9.62 Å². The molecule has 0 bridgehead atoms. The zero-order valence-electron chi connectivity index (χ0n) is 14.7. The van der Waals surface area contributed by atoms with Gasteiger partial charge in [0, 0.05) is 19.2 Å². The Balaban J connectivity index is 1.79. The Morgan fingerprint density at radius 3 is 2.62 bits per heavy atom. The second kappa shape index (κ2) is 7.20. The van der Waals surface area contributed by atoms with Gasteiger partial charge in [-0.05, 0) is 44.4 Å². The maximum absolute atomic E-state index is 13.3. The Morgan fingerprint density at radius 2 is 1.96 bits per heavy atom. The lowest BCUT2D eigenvalue weighted by molar-refractivity contribution is 0.0910. The van der Waals surface area contributed by atoms with Crippen molar-refractivity contribution in [2.24, 2.45) is 0 Å². The molecule has 1 N–H and O–H groups in total. The lowest BCUT2D eigenvalue weighted by Gasteiger charge is -2.14. The molecule has 6 nitrogen and oxygen atoms in total. The molecule has 1 amide bonds. The number of hydrogen-bond donors (Lipinski definition) is 1. The normalized spacial score (nSPS) is 16.6. The first kappa shape index (κ1) is 18.6. The molecule has 26 heavy (non-hydrogen) atoms. The summed E-state index contributed by atoms with van der Waals surface area (Å²) in [6.07, 6.45) is 1.66. The largest absolute Gasteiger partial charge is 0.455 e. The maximum Gasteiger partial charge on any atom is 0.287 e. The van der Waals surface area contributed by atoms with Crippen molar-refractivity contribution in [2.45, 2.75) is 37.6 Å². The average Bonchev–Trinajstić information content (AvgIpc) is 3.24. The Bertz CT molecular complexity index is 917. The minimum Gasteiger partial charge on any atom is -0.455 e. The van der Waals surface area contributed by atoms with Crippen molar-refractivity contribution in [3.05, 3.63) is 53.2 Å². The molecule has 2 heterocycles. The third kappa shape index (κ3) is 3.66. The van der Waals surface area contributed by atoms with Crippen molar-refractivity contribution in [3.8, 4) is 0 Å². The second-order valence-electron chi connectivity index (χ2n) is 6.39. The van der Waals surface area contributed by atoms with Crippen LogP contribution in [-0.2, 0) is 10.0 Å². The van der Waals surface area contributed by atoms with Gasteiger partial charge in [-0.3, -0.25) is 4.79 Å². The molecule has 0 spiro atoms. The molecule has 140 valence electrons. The number of hydrogen-bond acceptors (Lipinski definition) is 4. The van der Waals surface area contributed by atoms with Crippen molar-refractivity contribution < 1.29 is 22.0 Å². The van der Waals surface area contributed by atoms with E-state index < -0.39 is 27.8 Å². The van der Waals surface area contributed by atoms with Crippen LogP contribution in [0.4, 0.5) is 4.39 Å².